The summed E-state index contributed by atoms with van der Waals surface area (Å²) in [5.74, 6) is 1.04. The Hall–Kier alpha value is -1.89. The summed E-state index contributed by atoms with van der Waals surface area (Å²) in [4.78, 5) is 19.8. The van der Waals surface area contributed by atoms with E-state index in [0.29, 0.717) is 24.9 Å². The van der Waals surface area contributed by atoms with Gasteiger partial charge in [-0.25, -0.2) is 4.98 Å². The summed E-state index contributed by atoms with van der Waals surface area (Å²) in [7, 11) is 3.34. The maximum Gasteiger partial charge on any atom is 0.239 e. The molecular weight excluding hydrogens is 234 g/mol. The maximum atomic E-state index is 11.4. The first kappa shape index (κ1) is 14.2. The Balaban J connectivity index is 2.43. The summed E-state index contributed by atoms with van der Waals surface area (Å²) >= 11 is 0. The van der Waals surface area contributed by atoms with Gasteiger partial charge in [0.2, 0.25) is 11.9 Å². The van der Waals surface area contributed by atoms with E-state index in [4.69, 9.17) is 4.74 Å². The number of aromatic nitrogens is 2. The number of nitrogens with zero attached hydrogens (tertiary/aromatic N) is 2. The Morgan fingerprint density at radius 2 is 2.22 bits per heavy atom. The smallest absolute Gasteiger partial charge is 0.239 e. The van der Waals surface area contributed by atoms with Crippen LogP contribution in [0.1, 0.15) is 5.69 Å². The quantitative estimate of drug-likeness (QED) is 0.593. The summed E-state index contributed by atoms with van der Waals surface area (Å²) in [6.07, 6.45) is 0. The molecule has 0 spiro atoms. The van der Waals surface area contributed by atoms with Crippen LogP contribution < -0.4 is 16.0 Å². The second-order valence-corrected chi connectivity index (χ2v) is 3.66. The highest BCUT2D eigenvalue weighted by molar-refractivity contribution is 5.80. The van der Waals surface area contributed by atoms with E-state index in [2.05, 4.69) is 25.9 Å². The molecular formula is C11H19N5O2. The Bertz CT molecular complexity index is 397. The average Bonchev–Trinajstić information content (AvgIpc) is 2.36. The molecule has 0 aliphatic carbocycles. The first-order valence-corrected chi connectivity index (χ1v) is 5.68. The van der Waals surface area contributed by atoms with Crippen LogP contribution in [0.5, 0.6) is 0 Å². The highest BCUT2D eigenvalue weighted by atomic mass is 16.5. The molecule has 7 nitrogen and oxygen atoms in total. The zero-order chi connectivity index (χ0) is 13.4. The number of rotatable bonds is 7. The molecule has 1 aromatic heterocycles. The van der Waals surface area contributed by atoms with Gasteiger partial charge in [0.15, 0.2) is 0 Å². The zero-order valence-corrected chi connectivity index (χ0v) is 10.9. The number of nitrogens with one attached hydrogen (secondary N) is 3. The van der Waals surface area contributed by atoms with E-state index in [-0.39, 0.29) is 12.5 Å². The van der Waals surface area contributed by atoms with E-state index in [9.17, 15) is 4.79 Å². The van der Waals surface area contributed by atoms with Gasteiger partial charge < -0.3 is 20.7 Å². The largest absolute Gasteiger partial charge is 0.383 e. The Morgan fingerprint density at radius 1 is 1.44 bits per heavy atom. The minimum atomic E-state index is -0.102. The molecule has 1 aromatic rings. The third kappa shape index (κ3) is 4.96. The molecule has 0 radical (unpaired) electrons. The first-order valence-electron chi connectivity index (χ1n) is 5.68. The van der Waals surface area contributed by atoms with Gasteiger partial charge in [0.05, 0.1) is 13.2 Å². The predicted molar refractivity (Wildman–Crippen MR) is 69.7 cm³/mol. The summed E-state index contributed by atoms with van der Waals surface area (Å²) < 4.78 is 4.84. The Morgan fingerprint density at radius 3 is 2.89 bits per heavy atom. The molecule has 100 valence electrons. The summed E-state index contributed by atoms with van der Waals surface area (Å²) in [5, 5.41) is 8.51. The van der Waals surface area contributed by atoms with Gasteiger partial charge in [-0.05, 0) is 6.92 Å². The zero-order valence-electron chi connectivity index (χ0n) is 10.9. The third-order valence-corrected chi connectivity index (χ3v) is 2.14. The molecule has 0 aliphatic rings. The number of ether oxygens (including phenoxy) is 1. The molecule has 18 heavy (non-hydrogen) atoms. The number of aryl methyl sites for hydroxylation is 1. The van der Waals surface area contributed by atoms with Crippen molar-refractivity contribution in [2.24, 2.45) is 0 Å². The normalized spacial score (nSPS) is 9.94. The first-order chi connectivity index (χ1) is 8.65. The van der Waals surface area contributed by atoms with Gasteiger partial charge in [-0.15, -0.1) is 0 Å². The van der Waals surface area contributed by atoms with Crippen LogP contribution >= 0.6 is 0 Å². The molecule has 0 unspecified atom stereocenters. The molecule has 0 fully saturated rings. The van der Waals surface area contributed by atoms with Crippen molar-refractivity contribution >= 4 is 17.7 Å². The van der Waals surface area contributed by atoms with Crippen molar-refractivity contribution < 1.29 is 9.53 Å². The van der Waals surface area contributed by atoms with E-state index in [1.54, 1.807) is 20.2 Å². The topological polar surface area (TPSA) is 88.2 Å². The molecule has 0 atom stereocenters. The number of carbonyl (C=O) groups is 1. The lowest BCUT2D eigenvalue weighted by Gasteiger charge is -2.08. The molecule has 1 amide bonds. The van der Waals surface area contributed by atoms with Crippen molar-refractivity contribution in [3.8, 4) is 0 Å². The number of anilines is 2. The number of hydrogen-bond acceptors (Lipinski definition) is 6. The van der Waals surface area contributed by atoms with Crippen LogP contribution in [-0.4, -0.2) is 49.7 Å². The van der Waals surface area contributed by atoms with Crippen LogP contribution in [0.3, 0.4) is 0 Å². The molecule has 0 aromatic carbocycles. The van der Waals surface area contributed by atoms with Crippen LogP contribution in [0.15, 0.2) is 6.07 Å². The Kier molecular flexibility index (Phi) is 5.86. The Labute approximate surface area is 106 Å². The van der Waals surface area contributed by atoms with Gasteiger partial charge in [0.1, 0.15) is 5.82 Å². The lowest BCUT2D eigenvalue weighted by Crippen LogP contribution is -2.32. The van der Waals surface area contributed by atoms with Crippen molar-refractivity contribution in [3.63, 3.8) is 0 Å². The number of methoxy groups -OCH3 is 1. The van der Waals surface area contributed by atoms with Crippen LogP contribution in [0.25, 0.3) is 0 Å². The SMILES string of the molecule is CNc1nc(C)cc(NCC(=O)NCCOC)n1. The second kappa shape index (κ2) is 7.44. The van der Waals surface area contributed by atoms with Crippen LogP contribution in [0.2, 0.25) is 0 Å². The summed E-state index contributed by atoms with van der Waals surface area (Å²) in [6, 6.07) is 1.78. The average molecular weight is 253 g/mol. The minimum absolute atomic E-state index is 0.102. The van der Waals surface area contributed by atoms with Gasteiger partial charge in [0.25, 0.3) is 0 Å². The van der Waals surface area contributed by atoms with Crippen LogP contribution in [-0.2, 0) is 9.53 Å². The van der Waals surface area contributed by atoms with E-state index in [1.807, 2.05) is 6.92 Å². The van der Waals surface area contributed by atoms with Crippen LogP contribution in [0.4, 0.5) is 11.8 Å². The fraction of sp³-hybridized carbons (Fsp3) is 0.545. The second-order valence-electron chi connectivity index (χ2n) is 3.66. The number of carbonyl (C=O) groups excluding carboxylic acids is 1. The van der Waals surface area contributed by atoms with Crippen molar-refractivity contribution in [1.29, 1.82) is 0 Å². The fourth-order valence-electron chi connectivity index (χ4n) is 1.30. The number of amides is 1. The maximum absolute atomic E-state index is 11.4. The van der Waals surface area contributed by atoms with Gasteiger partial charge in [0, 0.05) is 32.5 Å². The van der Waals surface area contributed by atoms with Crippen molar-refractivity contribution in [2.45, 2.75) is 6.92 Å². The molecule has 0 saturated carbocycles. The van der Waals surface area contributed by atoms with Gasteiger partial charge in [-0.2, -0.15) is 4.98 Å². The van der Waals surface area contributed by atoms with E-state index in [0.717, 1.165) is 5.69 Å². The molecule has 3 N–H and O–H groups in total. The van der Waals surface area contributed by atoms with Crippen molar-refractivity contribution in [1.82, 2.24) is 15.3 Å². The lowest BCUT2D eigenvalue weighted by atomic mass is 10.4. The van der Waals surface area contributed by atoms with Gasteiger partial charge >= 0.3 is 0 Å². The molecule has 0 bridgehead atoms. The lowest BCUT2D eigenvalue weighted by molar-refractivity contribution is -0.119. The van der Waals surface area contributed by atoms with E-state index < -0.39 is 0 Å². The van der Waals surface area contributed by atoms with Crippen molar-refractivity contribution in [3.05, 3.63) is 11.8 Å². The predicted octanol–water partition coefficient (Wildman–Crippen LogP) is 0.00122. The monoisotopic (exact) mass is 253 g/mol. The fourth-order valence-corrected chi connectivity index (χ4v) is 1.30. The molecule has 7 heteroatoms. The molecule has 1 heterocycles. The van der Waals surface area contributed by atoms with E-state index in [1.165, 1.54) is 0 Å². The molecule has 1 rings (SSSR count). The van der Waals surface area contributed by atoms with Crippen LogP contribution in [0, 0.1) is 6.92 Å². The minimum Gasteiger partial charge on any atom is -0.383 e. The van der Waals surface area contributed by atoms with Gasteiger partial charge in [-0.1, -0.05) is 0 Å². The van der Waals surface area contributed by atoms with E-state index >= 15 is 0 Å². The number of hydrogen-bond donors (Lipinski definition) is 3. The third-order valence-electron chi connectivity index (χ3n) is 2.14. The molecule has 0 saturated heterocycles. The standard InChI is InChI=1S/C11H19N5O2/c1-8-6-9(16-11(12-2)15-8)14-7-10(17)13-4-5-18-3/h6H,4-5,7H2,1-3H3,(H,13,17)(H2,12,14,15,16). The van der Waals surface area contributed by atoms with Crippen molar-refractivity contribution in [2.75, 3.05) is 44.5 Å². The highest BCUT2D eigenvalue weighted by Gasteiger charge is 2.03. The van der Waals surface area contributed by atoms with Gasteiger partial charge in [-0.3, -0.25) is 4.79 Å². The summed E-state index contributed by atoms with van der Waals surface area (Å²) in [6.45, 7) is 3.04. The molecule has 0 aliphatic heterocycles. The summed E-state index contributed by atoms with van der Waals surface area (Å²) in [5.41, 5.74) is 0.830. The highest BCUT2D eigenvalue weighted by Crippen LogP contribution is 2.08.